The third kappa shape index (κ3) is 3.02. The fraction of sp³-hybridized carbons (Fsp3) is 0.0769. The fourth-order valence-corrected chi connectivity index (χ4v) is 4.18. The highest BCUT2D eigenvalue weighted by atomic mass is 16.5. The van der Waals surface area contributed by atoms with Gasteiger partial charge in [0.1, 0.15) is 17.1 Å². The minimum Gasteiger partial charge on any atom is -0.508 e. The van der Waals surface area contributed by atoms with Crippen LogP contribution in [0.2, 0.25) is 0 Å². The van der Waals surface area contributed by atoms with Crippen LogP contribution in [0.15, 0.2) is 82.0 Å². The molecule has 1 aromatic heterocycles. The number of phenolic OH excluding ortho intramolecular Hbond substituents is 1. The number of hydrogen-bond acceptors (Lipinski definition) is 5. The quantitative estimate of drug-likeness (QED) is 0.485. The van der Waals surface area contributed by atoms with Gasteiger partial charge in [-0.1, -0.05) is 54.6 Å². The molecule has 5 heteroatoms. The van der Waals surface area contributed by atoms with Gasteiger partial charge >= 0.3 is 5.97 Å². The summed E-state index contributed by atoms with van der Waals surface area (Å²) in [5, 5.41) is 10.3. The predicted molar refractivity (Wildman–Crippen MR) is 118 cm³/mol. The summed E-state index contributed by atoms with van der Waals surface area (Å²) in [5.41, 5.74) is 3.03. The van der Waals surface area contributed by atoms with Crippen LogP contribution in [0.4, 0.5) is 0 Å². The van der Waals surface area contributed by atoms with Crippen LogP contribution >= 0.6 is 0 Å². The van der Waals surface area contributed by atoms with Crippen molar-refractivity contribution < 1.29 is 19.1 Å². The minimum absolute atomic E-state index is 0.00618. The van der Waals surface area contributed by atoms with E-state index in [0.717, 1.165) is 11.1 Å². The number of aromatic hydroxyl groups is 1. The molecule has 1 atom stereocenters. The standard InChI is InChI=1S/C26H18O5/c1-30-26(29)20-14-21-24(28)19-12-11-16(27)13-22(19)31-25(21)23(15-7-3-2-4-8-15)18-10-6-5-9-17(18)20/h2-14,23,27H,1H3. The second-order valence-corrected chi connectivity index (χ2v) is 7.37. The lowest BCUT2D eigenvalue weighted by Crippen LogP contribution is -2.13. The van der Waals surface area contributed by atoms with Crippen LogP contribution in [0.1, 0.15) is 33.9 Å². The summed E-state index contributed by atoms with van der Waals surface area (Å²) in [6.07, 6.45) is 1.56. The Morgan fingerprint density at radius 3 is 2.52 bits per heavy atom. The number of esters is 1. The number of carbonyl (C=O) groups excluding carboxylic acids is 1. The van der Waals surface area contributed by atoms with Crippen molar-refractivity contribution in [2.75, 3.05) is 7.11 Å². The van der Waals surface area contributed by atoms with Crippen molar-refractivity contribution in [2.24, 2.45) is 0 Å². The molecule has 1 N–H and O–H groups in total. The minimum atomic E-state index is -0.530. The number of ether oxygens (including phenoxy) is 1. The van der Waals surface area contributed by atoms with E-state index in [1.54, 1.807) is 6.08 Å². The molecule has 5 nitrogen and oxygen atoms in total. The van der Waals surface area contributed by atoms with Crippen molar-refractivity contribution in [3.05, 3.63) is 111 Å². The molecular weight excluding hydrogens is 392 g/mol. The van der Waals surface area contributed by atoms with Crippen molar-refractivity contribution in [1.82, 2.24) is 0 Å². The average molecular weight is 410 g/mol. The smallest absolute Gasteiger partial charge is 0.338 e. The molecule has 0 bridgehead atoms. The highest BCUT2D eigenvalue weighted by molar-refractivity contribution is 6.22. The first-order valence-corrected chi connectivity index (χ1v) is 9.82. The highest BCUT2D eigenvalue weighted by Gasteiger charge is 2.32. The Morgan fingerprint density at radius 2 is 1.74 bits per heavy atom. The van der Waals surface area contributed by atoms with E-state index in [0.29, 0.717) is 27.8 Å². The Labute approximate surface area is 177 Å². The summed E-state index contributed by atoms with van der Waals surface area (Å²) in [7, 11) is 1.32. The molecule has 0 saturated carbocycles. The Morgan fingerprint density at radius 1 is 1.00 bits per heavy atom. The van der Waals surface area contributed by atoms with E-state index in [1.165, 1.54) is 25.3 Å². The topological polar surface area (TPSA) is 76.7 Å². The zero-order valence-electron chi connectivity index (χ0n) is 16.7. The summed E-state index contributed by atoms with van der Waals surface area (Å²) in [5.74, 6) is -0.533. The van der Waals surface area contributed by atoms with Gasteiger partial charge in [0.15, 0.2) is 5.43 Å². The van der Waals surface area contributed by atoms with Crippen LogP contribution in [0.3, 0.4) is 0 Å². The van der Waals surface area contributed by atoms with Gasteiger partial charge in [0, 0.05) is 6.07 Å². The summed E-state index contributed by atoms with van der Waals surface area (Å²) in [6.45, 7) is 0. The summed E-state index contributed by atoms with van der Waals surface area (Å²) >= 11 is 0. The van der Waals surface area contributed by atoms with E-state index in [1.807, 2.05) is 54.6 Å². The maximum absolute atomic E-state index is 13.5. The molecule has 0 radical (unpaired) electrons. The molecule has 0 spiro atoms. The van der Waals surface area contributed by atoms with Crippen molar-refractivity contribution >= 4 is 28.6 Å². The van der Waals surface area contributed by atoms with E-state index in [9.17, 15) is 14.7 Å². The van der Waals surface area contributed by atoms with Gasteiger partial charge in [-0.25, -0.2) is 4.79 Å². The summed E-state index contributed by atoms with van der Waals surface area (Å²) in [4.78, 5) is 26.2. The van der Waals surface area contributed by atoms with Crippen LogP contribution in [-0.4, -0.2) is 18.2 Å². The molecule has 4 aromatic rings. The Bertz CT molecular complexity index is 1410. The molecular formula is C26H18O5. The van der Waals surface area contributed by atoms with Crippen LogP contribution in [0, 0.1) is 0 Å². The molecule has 3 aromatic carbocycles. The number of phenols is 1. The van der Waals surface area contributed by atoms with Crippen LogP contribution in [-0.2, 0) is 9.53 Å². The van der Waals surface area contributed by atoms with Crippen LogP contribution in [0.25, 0.3) is 22.6 Å². The van der Waals surface area contributed by atoms with E-state index in [2.05, 4.69) is 0 Å². The first kappa shape index (κ1) is 18.9. The zero-order chi connectivity index (χ0) is 21.5. The van der Waals surface area contributed by atoms with Gasteiger partial charge in [0.05, 0.1) is 29.6 Å². The molecule has 0 amide bonds. The molecule has 1 aliphatic rings. The second kappa shape index (κ2) is 7.29. The van der Waals surface area contributed by atoms with Gasteiger partial charge in [-0.05, 0) is 34.9 Å². The lowest BCUT2D eigenvalue weighted by Gasteiger charge is -2.20. The number of fused-ring (bicyclic) bond motifs is 3. The van der Waals surface area contributed by atoms with E-state index in [-0.39, 0.29) is 16.8 Å². The Kier molecular flexibility index (Phi) is 4.44. The largest absolute Gasteiger partial charge is 0.508 e. The lowest BCUT2D eigenvalue weighted by atomic mass is 9.85. The molecule has 0 fully saturated rings. The predicted octanol–water partition coefficient (Wildman–Crippen LogP) is 4.71. The van der Waals surface area contributed by atoms with Gasteiger partial charge < -0.3 is 14.3 Å². The fourth-order valence-electron chi connectivity index (χ4n) is 4.18. The Balaban J connectivity index is 1.95. The number of hydrogen-bond donors (Lipinski definition) is 1. The first-order valence-electron chi connectivity index (χ1n) is 9.82. The maximum Gasteiger partial charge on any atom is 0.338 e. The normalized spacial score (nSPS) is 14.9. The molecule has 0 aliphatic heterocycles. The number of rotatable bonds is 2. The average Bonchev–Trinajstić information content (AvgIpc) is 2.94. The SMILES string of the molecule is COC(=O)C1=Cc2c(oc3cc(O)ccc3c2=O)C(c2ccccc2)c2ccccc21. The first-order chi connectivity index (χ1) is 15.1. The van der Waals surface area contributed by atoms with Gasteiger partial charge in [-0.15, -0.1) is 0 Å². The van der Waals surface area contributed by atoms with Crippen molar-refractivity contribution in [3.8, 4) is 5.75 Å². The summed E-state index contributed by atoms with van der Waals surface area (Å²) in [6, 6.07) is 21.6. The van der Waals surface area contributed by atoms with Crippen LogP contribution in [0.5, 0.6) is 5.75 Å². The molecule has 1 heterocycles. The van der Waals surface area contributed by atoms with Gasteiger partial charge in [0.2, 0.25) is 0 Å². The van der Waals surface area contributed by atoms with E-state index in [4.69, 9.17) is 9.15 Å². The Hall–Kier alpha value is -4.12. The molecule has 152 valence electrons. The van der Waals surface area contributed by atoms with Gasteiger partial charge in [-0.3, -0.25) is 4.79 Å². The molecule has 1 unspecified atom stereocenters. The monoisotopic (exact) mass is 410 g/mol. The number of carbonyl (C=O) groups is 1. The van der Waals surface area contributed by atoms with E-state index >= 15 is 0 Å². The van der Waals surface area contributed by atoms with Crippen molar-refractivity contribution in [3.63, 3.8) is 0 Å². The maximum atomic E-state index is 13.5. The number of benzene rings is 3. The van der Waals surface area contributed by atoms with Gasteiger partial charge in [-0.2, -0.15) is 0 Å². The number of methoxy groups -OCH3 is 1. The molecule has 5 rings (SSSR count). The van der Waals surface area contributed by atoms with Gasteiger partial charge in [0.25, 0.3) is 0 Å². The second-order valence-electron chi connectivity index (χ2n) is 7.37. The lowest BCUT2D eigenvalue weighted by molar-refractivity contribution is -0.133. The molecule has 0 saturated heterocycles. The third-order valence-corrected chi connectivity index (χ3v) is 5.59. The third-order valence-electron chi connectivity index (χ3n) is 5.59. The molecule has 31 heavy (non-hydrogen) atoms. The van der Waals surface area contributed by atoms with Crippen molar-refractivity contribution in [2.45, 2.75) is 5.92 Å². The van der Waals surface area contributed by atoms with Crippen LogP contribution < -0.4 is 5.43 Å². The van der Waals surface area contributed by atoms with E-state index < -0.39 is 11.9 Å². The summed E-state index contributed by atoms with van der Waals surface area (Å²) < 4.78 is 11.3. The zero-order valence-corrected chi connectivity index (χ0v) is 16.7. The van der Waals surface area contributed by atoms with Crippen molar-refractivity contribution in [1.29, 1.82) is 0 Å². The molecule has 1 aliphatic carbocycles. The highest BCUT2D eigenvalue weighted by Crippen LogP contribution is 2.42.